The van der Waals surface area contributed by atoms with Crippen molar-refractivity contribution in [2.75, 3.05) is 13.2 Å². The van der Waals surface area contributed by atoms with Gasteiger partial charge in [-0.15, -0.1) is 0 Å². The number of nitrogens with zero attached hydrogens (tertiary/aromatic N) is 1. The van der Waals surface area contributed by atoms with Crippen molar-refractivity contribution in [3.8, 4) is 0 Å². The largest absolute Gasteiger partial charge is 0.456 e. The highest BCUT2D eigenvalue weighted by molar-refractivity contribution is 5.89. The van der Waals surface area contributed by atoms with E-state index in [1.807, 2.05) is 0 Å². The maximum atomic E-state index is 11.7. The number of ether oxygens (including phenoxy) is 2. The van der Waals surface area contributed by atoms with Gasteiger partial charge in [0.1, 0.15) is 6.10 Å². The van der Waals surface area contributed by atoms with Gasteiger partial charge in [-0.25, -0.2) is 4.79 Å². The average Bonchev–Trinajstić information content (AvgIpc) is 2.82. The molecule has 5 nitrogen and oxygen atoms in total. The first-order valence-corrected chi connectivity index (χ1v) is 5.23. The molecular formula is C11H14N2O3. The number of pyridine rings is 1. The normalized spacial score (nSPS) is 19.7. The zero-order chi connectivity index (χ0) is 11.4. The lowest BCUT2D eigenvalue weighted by Gasteiger charge is -2.10. The Morgan fingerprint density at radius 1 is 1.69 bits per heavy atom. The fourth-order valence-corrected chi connectivity index (χ4v) is 1.54. The topological polar surface area (TPSA) is 74.4 Å². The molecule has 1 aliphatic heterocycles. The molecule has 1 unspecified atom stereocenters. The molecular weight excluding hydrogens is 208 g/mol. The predicted molar refractivity (Wildman–Crippen MR) is 56.8 cm³/mol. The van der Waals surface area contributed by atoms with Gasteiger partial charge in [-0.2, -0.15) is 0 Å². The first kappa shape index (κ1) is 11.0. The van der Waals surface area contributed by atoms with Crippen LogP contribution in [-0.2, 0) is 16.0 Å². The molecule has 2 rings (SSSR count). The van der Waals surface area contributed by atoms with Crippen LogP contribution < -0.4 is 5.73 Å². The van der Waals surface area contributed by atoms with Crippen LogP contribution in [-0.4, -0.2) is 30.3 Å². The van der Waals surface area contributed by atoms with Crippen LogP contribution in [0.3, 0.4) is 0 Å². The lowest BCUT2D eigenvalue weighted by Crippen LogP contribution is -2.18. The van der Waals surface area contributed by atoms with Crippen molar-refractivity contribution >= 4 is 5.97 Å². The van der Waals surface area contributed by atoms with Crippen molar-refractivity contribution in [2.24, 2.45) is 5.73 Å². The molecule has 86 valence electrons. The smallest absolute Gasteiger partial charge is 0.338 e. The highest BCUT2D eigenvalue weighted by Gasteiger charge is 2.20. The van der Waals surface area contributed by atoms with Gasteiger partial charge in [-0.05, 0) is 12.1 Å². The third kappa shape index (κ3) is 2.56. The monoisotopic (exact) mass is 222 g/mol. The third-order valence-electron chi connectivity index (χ3n) is 2.42. The van der Waals surface area contributed by atoms with Gasteiger partial charge in [-0.1, -0.05) is 0 Å². The zero-order valence-electron chi connectivity index (χ0n) is 8.89. The van der Waals surface area contributed by atoms with Gasteiger partial charge in [0.25, 0.3) is 0 Å². The summed E-state index contributed by atoms with van der Waals surface area (Å²) in [6.07, 6.45) is 2.20. The van der Waals surface area contributed by atoms with E-state index in [0.717, 1.165) is 6.42 Å². The molecule has 0 bridgehead atoms. The van der Waals surface area contributed by atoms with E-state index in [1.165, 1.54) is 0 Å². The van der Waals surface area contributed by atoms with E-state index in [4.69, 9.17) is 15.2 Å². The average molecular weight is 222 g/mol. The van der Waals surface area contributed by atoms with Crippen molar-refractivity contribution in [2.45, 2.75) is 19.1 Å². The van der Waals surface area contributed by atoms with Crippen LogP contribution in [0.25, 0.3) is 0 Å². The number of aromatic nitrogens is 1. The van der Waals surface area contributed by atoms with Crippen molar-refractivity contribution in [1.29, 1.82) is 0 Å². The molecule has 2 N–H and O–H groups in total. The Bertz CT molecular complexity index is 375. The minimum atomic E-state index is -0.340. The second-order valence-corrected chi connectivity index (χ2v) is 3.63. The Hall–Kier alpha value is -1.46. The van der Waals surface area contributed by atoms with Crippen LogP contribution in [0, 0.1) is 0 Å². The second-order valence-electron chi connectivity index (χ2n) is 3.63. The number of carbonyl (C=O) groups is 1. The lowest BCUT2D eigenvalue weighted by molar-refractivity contribution is 0.0270. The van der Waals surface area contributed by atoms with E-state index in [-0.39, 0.29) is 12.1 Å². The number of carbonyl (C=O) groups excluding carboxylic acids is 1. The molecule has 16 heavy (non-hydrogen) atoms. The molecule has 1 aromatic rings. The van der Waals surface area contributed by atoms with E-state index >= 15 is 0 Å². The summed E-state index contributed by atoms with van der Waals surface area (Å²) in [5.74, 6) is -0.340. The van der Waals surface area contributed by atoms with Crippen LogP contribution in [0.2, 0.25) is 0 Å². The molecule has 0 spiro atoms. The molecule has 0 amide bonds. The summed E-state index contributed by atoms with van der Waals surface area (Å²) in [5.41, 5.74) is 6.61. The number of esters is 1. The molecule has 1 atom stereocenters. The maximum Gasteiger partial charge on any atom is 0.338 e. The predicted octanol–water partition coefficient (Wildman–Crippen LogP) is 0.486. The van der Waals surface area contributed by atoms with Crippen LogP contribution in [0.15, 0.2) is 18.3 Å². The molecule has 0 aromatic carbocycles. The Kier molecular flexibility index (Phi) is 3.48. The van der Waals surface area contributed by atoms with Crippen molar-refractivity contribution < 1.29 is 14.3 Å². The summed E-state index contributed by atoms with van der Waals surface area (Å²) in [4.78, 5) is 15.7. The first-order valence-electron chi connectivity index (χ1n) is 5.23. The van der Waals surface area contributed by atoms with E-state index in [9.17, 15) is 4.79 Å². The van der Waals surface area contributed by atoms with Crippen LogP contribution in [0.1, 0.15) is 22.5 Å². The molecule has 0 aliphatic carbocycles. The van der Waals surface area contributed by atoms with Crippen LogP contribution in [0.5, 0.6) is 0 Å². The number of rotatable bonds is 3. The van der Waals surface area contributed by atoms with Gasteiger partial charge in [0, 0.05) is 19.2 Å². The summed E-state index contributed by atoms with van der Waals surface area (Å²) in [6, 6.07) is 3.27. The third-order valence-corrected chi connectivity index (χ3v) is 2.42. The molecule has 5 heteroatoms. The Labute approximate surface area is 93.6 Å². The first-order chi connectivity index (χ1) is 7.79. The second kappa shape index (κ2) is 5.05. The minimum absolute atomic E-state index is 0.123. The van der Waals surface area contributed by atoms with Gasteiger partial charge in [-0.3, -0.25) is 4.98 Å². The zero-order valence-corrected chi connectivity index (χ0v) is 8.89. The van der Waals surface area contributed by atoms with E-state index in [2.05, 4.69) is 4.98 Å². The van der Waals surface area contributed by atoms with Gasteiger partial charge in [0.15, 0.2) is 0 Å². The molecule has 2 heterocycles. The van der Waals surface area contributed by atoms with E-state index < -0.39 is 0 Å². The fraction of sp³-hybridized carbons (Fsp3) is 0.455. The molecule has 1 aromatic heterocycles. The quantitative estimate of drug-likeness (QED) is 0.753. The van der Waals surface area contributed by atoms with E-state index in [0.29, 0.717) is 31.0 Å². The van der Waals surface area contributed by atoms with Gasteiger partial charge >= 0.3 is 5.97 Å². The Morgan fingerprint density at radius 3 is 3.25 bits per heavy atom. The standard InChI is InChI=1S/C11H14N2O3/c12-6-9-5-8(1-3-13-9)11(14)16-10-2-4-15-7-10/h1,3,5,10H,2,4,6-7,12H2. The minimum Gasteiger partial charge on any atom is -0.456 e. The highest BCUT2D eigenvalue weighted by Crippen LogP contribution is 2.12. The van der Waals surface area contributed by atoms with Gasteiger partial charge in [0.05, 0.1) is 24.5 Å². The summed E-state index contributed by atoms with van der Waals surface area (Å²) >= 11 is 0. The fourth-order valence-electron chi connectivity index (χ4n) is 1.54. The Morgan fingerprint density at radius 2 is 2.56 bits per heavy atom. The van der Waals surface area contributed by atoms with Gasteiger partial charge < -0.3 is 15.2 Å². The molecule has 0 radical (unpaired) electrons. The number of hydrogen-bond acceptors (Lipinski definition) is 5. The maximum absolute atomic E-state index is 11.7. The van der Waals surface area contributed by atoms with Crippen molar-refractivity contribution in [1.82, 2.24) is 4.98 Å². The number of hydrogen-bond donors (Lipinski definition) is 1. The van der Waals surface area contributed by atoms with Crippen molar-refractivity contribution in [3.05, 3.63) is 29.6 Å². The molecule has 1 saturated heterocycles. The summed E-state index contributed by atoms with van der Waals surface area (Å²) in [6.45, 7) is 1.45. The van der Waals surface area contributed by atoms with Crippen LogP contribution in [0.4, 0.5) is 0 Å². The summed E-state index contributed by atoms with van der Waals surface area (Å²) < 4.78 is 10.4. The molecule has 1 aliphatic rings. The summed E-state index contributed by atoms with van der Waals surface area (Å²) in [7, 11) is 0. The van der Waals surface area contributed by atoms with Crippen LogP contribution >= 0.6 is 0 Å². The number of nitrogens with two attached hydrogens (primary N) is 1. The van der Waals surface area contributed by atoms with Gasteiger partial charge in [0.2, 0.25) is 0 Å². The lowest BCUT2D eigenvalue weighted by atomic mass is 10.2. The van der Waals surface area contributed by atoms with E-state index in [1.54, 1.807) is 18.3 Å². The molecule has 1 fully saturated rings. The van der Waals surface area contributed by atoms with Crippen molar-refractivity contribution in [3.63, 3.8) is 0 Å². The summed E-state index contributed by atoms with van der Waals surface area (Å²) in [5, 5.41) is 0. The Balaban J connectivity index is 2.01. The molecule has 0 saturated carbocycles. The SMILES string of the molecule is NCc1cc(C(=O)OC2CCOC2)ccn1. The highest BCUT2D eigenvalue weighted by atomic mass is 16.6.